The average Bonchev–Trinajstić information content (AvgIpc) is 2.41. The van der Waals surface area contributed by atoms with E-state index in [0.717, 1.165) is 44.9 Å². The Bertz CT molecular complexity index is 346. The van der Waals surface area contributed by atoms with E-state index in [4.69, 9.17) is 4.74 Å². The molecule has 0 aromatic rings. The van der Waals surface area contributed by atoms with Crippen molar-refractivity contribution < 1.29 is 14.6 Å². The van der Waals surface area contributed by atoms with E-state index < -0.39 is 0 Å². The summed E-state index contributed by atoms with van der Waals surface area (Å²) >= 11 is 0. The molecule has 0 aromatic carbocycles. The van der Waals surface area contributed by atoms with Crippen LogP contribution in [-0.4, -0.2) is 23.3 Å². The molecule has 1 rings (SSSR count). The molecule has 21 heavy (non-hydrogen) atoms. The topological polar surface area (TPSA) is 46.5 Å². The lowest BCUT2D eigenvalue weighted by atomic mass is 9.82. The fraction of sp³-hybridized carbons (Fsp3) is 0.833. The Balaban J connectivity index is 2.51. The molecule has 0 radical (unpaired) electrons. The maximum atomic E-state index is 11.1. The van der Waals surface area contributed by atoms with Crippen LogP contribution >= 0.6 is 0 Å². The number of carbonyl (C=O) groups is 1. The minimum absolute atomic E-state index is 0.0704. The summed E-state index contributed by atoms with van der Waals surface area (Å²) in [5, 5.41) is 9.91. The van der Waals surface area contributed by atoms with Gasteiger partial charge in [-0.25, -0.2) is 0 Å². The first-order chi connectivity index (χ1) is 9.93. The van der Waals surface area contributed by atoms with Crippen molar-refractivity contribution >= 4 is 5.97 Å². The van der Waals surface area contributed by atoms with Gasteiger partial charge in [0.1, 0.15) is 6.10 Å². The van der Waals surface area contributed by atoms with Gasteiger partial charge in [-0.2, -0.15) is 0 Å². The van der Waals surface area contributed by atoms with Gasteiger partial charge in [-0.05, 0) is 50.9 Å². The van der Waals surface area contributed by atoms with E-state index >= 15 is 0 Å². The van der Waals surface area contributed by atoms with Crippen molar-refractivity contribution in [3.05, 3.63) is 11.6 Å². The molecule has 0 spiro atoms. The predicted octanol–water partition coefficient (Wildman–Crippen LogP) is 4.24. The molecule has 1 unspecified atom stereocenters. The lowest BCUT2D eigenvalue weighted by molar-refractivity contribution is -0.147. The van der Waals surface area contributed by atoms with Gasteiger partial charge in [0, 0.05) is 13.3 Å². The quantitative estimate of drug-likeness (QED) is 0.564. The molecule has 1 fully saturated rings. The van der Waals surface area contributed by atoms with Crippen LogP contribution in [0.3, 0.4) is 0 Å². The molecule has 0 heterocycles. The Morgan fingerprint density at radius 3 is 2.76 bits per heavy atom. The Kier molecular flexibility index (Phi) is 8.02. The summed E-state index contributed by atoms with van der Waals surface area (Å²) in [6.07, 6.45) is 9.47. The van der Waals surface area contributed by atoms with E-state index in [1.807, 2.05) is 6.92 Å². The maximum absolute atomic E-state index is 11.1. The molecule has 0 aromatic heterocycles. The molecule has 0 saturated heterocycles. The van der Waals surface area contributed by atoms with Gasteiger partial charge in [-0.1, -0.05) is 31.9 Å². The molecule has 3 heteroatoms. The first-order valence-corrected chi connectivity index (χ1v) is 8.47. The van der Waals surface area contributed by atoms with Gasteiger partial charge in [0.25, 0.3) is 0 Å². The number of aliphatic hydroxyl groups excluding tert-OH is 1. The van der Waals surface area contributed by atoms with Crippen LogP contribution in [0.15, 0.2) is 11.6 Å². The third-order valence-electron chi connectivity index (χ3n) is 4.60. The van der Waals surface area contributed by atoms with Crippen molar-refractivity contribution in [1.29, 1.82) is 0 Å². The van der Waals surface area contributed by atoms with E-state index in [1.54, 1.807) is 0 Å². The summed E-state index contributed by atoms with van der Waals surface area (Å²) in [6.45, 7) is 7.79. The normalized spacial score (nSPS) is 25.4. The molecule has 0 bridgehead atoms. The smallest absolute Gasteiger partial charge is 0.302 e. The standard InChI is InChI=1S/C18H32O3/c1-5-7-18(14(3)19)13(2)10-11-16-8-6-9-17(12-16)21-15(4)20/h11,13-14,17-19H,5-10,12H2,1-4H3/b16-11+/t13-,14?,17-,18-/m0/s1. The number of rotatable bonds is 7. The van der Waals surface area contributed by atoms with E-state index in [2.05, 4.69) is 19.9 Å². The van der Waals surface area contributed by atoms with Crippen LogP contribution < -0.4 is 0 Å². The van der Waals surface area contributed by atoms with Gasteiger partial charge in [-0.15, -0.1) is 0 Å². The van der Waals surface area contributed by atoms with Crippen molar-refractivity contribution in [2.24, 2.45) is 11.8 Å². The van der Waals surface area contributed by atoms with Crippen molar-refractivity contribution in [3.8, 4) is 0 Å². The maximum Gasteiger partial charge on any atom is 0.302 e. The monoisotopic (exact) mass is 296 g/mol. The fourth-order valence-electron chi connectivity index (χ4n) is 3.44. The van der Waals surface area contributed by atoms with Gasteiger partial charge in [0.2, 0.25) is 0 Å². The van der Waals surface area contributed by atoms with Gasteiger partial charge in [-0.3, -0.25) is 4.79 Å². The molecule has 4 atom stereocenters. The largest absolute Gasteiger partial charge is 0.462 e. The van der Waals surface area contributed by atoms with Crippen molar-refractivity contribution in [3.63, 3.8) is 0 Å². The second-order valence-electron chi connectivity index (χ2n) is 6.60. The molecule has 0 aliphatic heterocycles. The number of ether oxygens (including phenoxy) is 1. The van der Waals surface area contributed by atoms with Crippen molar-refractivity contribution in [1.82, 2.24) is 0 Å². The highest BCUT2D eigenvalue weighted by molar-refractivity contribution is 5.66. The van der Waals surface area contributed by atoms with Crippen LogP contribution in [0, 0.1) is 11.8 Å². The van der Waals surface area contributed by atoms with Crippen molar-refractivity contribution in [2.45, 2.75) is 84.8 Å². The van der Waals surface area contributed by atoms with E-state index in [-0.39, 0.29) is 18.2 Å². The zero-order valence-corrected chi connectivity index (χ0v) is 14.1. The van der Waals surface area contributed by atoms with Crippen LogP contribution in [0.1, 0.15) is 72.6 Å². The Hall–Kier alpha value is -0.830. The van der Waals surface area contributed by atoms with Gasteiger partial charge < -0.3 is 9.84 Å². The fourth-order valence-corrected chi connectivity index (χ4v) is 3.44. The Morgan fingerprint density at radius 2 is 2.19 bits per heavy atom. The second kappa shape index (κ2) is 9.24. The third-order valence-corrected chi connectivity index (χ3v) is 4.60. The number of hydrogen-bond donors (Lipinski definition) is 1. The highest BCUT2D eigenvalue weighted by Crippen LogP contribution is 2.29. The zero-order valence-electron chi connectivity index (χ0n) is 14.1. The molecule has 3 nitrogen and oxygen atoms in total. The number of hydrogen-bond acceptors (Lipinski definition) is 3. The van der Waals surface area contributed by atoms with E-state index in [9.17, 15) is 9.90 Å². The number of allylic oxidation sites excluding steroid dienone is 1. The summed E-state index contributed by atoms with van der Waals surface area (Å²) < 4.78 is 5.33. The highest BCUT2D eigenvalue weighted by Gasteiger charge is 2.22. The van der Waals surface area contributed by atoms with Crippen LogP contribution in [0.2, 0.25) is 0 Å². The molecule has 0 amide bonds. The van der Waals surface area contributed by atoms with E-state index in [1.165, 1.54) is 12.5 Å². The first-order valence-electron chi connectivity index (χ1n) is 8.47. The SMILES string of the molecule is CCC[C@H](C(C)O)[C@@H](C)C/C=C1\CCC[C@H](OC(C)=O)C1. The Morgan fingerprint density at radius 1 is 1.48 bits per heavy atom. The van der Waals surface area contributed by atoms with E-state index in [0.29, 0.717) is 11.8 Å². The molecule has 1 aliphatic rings. The van der Waals surface area contributed by atoms with Crippen molar-refractivity contribution in [2.75, 3.05) is 0 Å². The first kappa shape index (κ1) is 18.2. The second-order valence-corrected chi connectivity index (χ2v) is 6.60. The zero-order chi connectivity index (χ0) is 15.8. The van der Waals surface area contributed by atoms with Gasteiger partial charge >= 0.3 is 5.97 Å². The third kappa shape index (κ3) is 6.64. The predicted molar refractivity (Wildman–Crippen MR) is 86.0 cm³/mol. The van der Waals surface area contributed by atoms with Crippen LogP contribution in [0.25, 0.3) is 0 Å². The number of carbonyl (C=O) groups excluding carboxylic acids is 1. The lowest BCUT2D eigenvalue weighted by Gasteiger charge is -2.27. The lowest BCUT2D eigenvalue weighted by Crippen LogP contribution is -2.24. The summed E-state index contributed by atoms with van der Waals surface area (Å²) in [4.78, 5) is 11.1. The Labute approximate surface area is 129 Å². The minimum atomic E-state index is -0.237. The highest BCUT2D eigenvalue weighted by atomic mass is 16.5. The van der Waals surface area contributed by atoms with Gasteiger partial charge in [0.05, 0.1) is 6.10 Å². The van der Waals surface area contributed by atoms with Crippen LogP contribution in [-0.2, 0) is 9.53 Å². The number of esters is 1. The molecule has 1 saturated carbocycles. The molecular formula is C18H32O3. The molecule has 122 valence electrons. The molecule has 1 aliphatic carbocycles. The number of aliphatic hydroxyl groups is 1. The molecular weight excluding hydrogens is 264 g/mol. The summed E-state index contributed by atoms with van der Waals surface area (Å²) in [6, 6.07) is 0. The van der Waals surface area contributed by atoms with Gasteiger partial charge in [0.15, 0.2) is 0 Å². The van der Waals surface area contributed by atoms with Crippen LogP contribution in [0.5, 0.6) is 0 Å². The molecule has 1 N–H and O–H groups in total. The minimum Gasteiger partial charge on any atom is -0.462 e. The average molecular weight is 296 g/mol. The summed E-state index contributed by atoms with van der Waals surface area (Å²) in [5.74, 6) is 0.693. The van der Waals surface area contributed by atoms with Crippen LogP contribution in [0.4, 0.5) is 0 Å². The summed E-state index contributed by atoms with van der Waals surface area (Å²) in [7, 11) is 0. The summed E-state index contributed by atoms with van der Waals surface area (Å²) in [5.41, 5.74) is 1.42.